The lowest BCUT2D eigenvalue weighted by Crippen LogP contribution is -2.22. The van der Waals surface area contributed by atoms with Crippen LogP contribution >= 0.6 is 11.3 Å². The number of rotatable bonds is 5. The molecule has 3 rings (SSSR count). The molecule has 146 valence electrons. The van der Waals surface area contributed by atoms with Crippen LogP contribution in [0.25, 0.3) is 10.2 Å². The molecule has 0 N–H and O–H groups in total. The number of halogens is 1. The van der Waals surface area contributed by atoms with Gasteiger partial charge in [0.2, 0.25) is 4.80 Å². The van der Waals surface area contributed by atoms with Crippen molar-refractivity contribution < 1.29 is 27.3 Å². The van der Waals surface area contributed by atoms with Crippen molar-refractivity contribution in [1.82, 2.24) is 4.57 Å². The van der Waals surface area contributed by atoms with Crippen LogP contribution in [0, 0.1) is 15.9 Å². The number of hydrogen-bond donors (Lipinski definition) is 0. The number of benzene rings is 2. The summed E-state index contributed by atoms with van der Waals surface area (Å²) in [6.07, 6.45) is 0. The molecule has 0 atom stereocenters. The Morgan fingerprint density at radius 1 is 1.29 bits per heavy atom. The van der Waals surface area contributed by atoms with Crippen LogP contribution in [-0.2, 0) is 26.1 Å². The van der Waals surface area contributed by atoms with Gasteiger partial charge >= 0.3 is 5.97 Å². The van der Waals surface area contributed by atoms with Gasteiger partial charge in [-0.25, -0.2) is 4.39 Å². The van der Waals surface area contributed by atoms with Crippen molar-refractivity contribution in [1.29, 1.82) is 0 Å². The number of methoxy groups -OCH3 is 1. The molecule has 0 saturated carbocycles. The van der Waals surface area contributed by atoms with Crippen LogP contribution in [0.1, 0.15) is 0 Å². The van der Waals surface area contributed by atoms with Crippen molar-refractivity contribution in [2.45, 2.75) is 11.4 Å². The van der Waals surface area contributed by atoms with Gasteiger partial charge in [-0.3, -0.25) is 14.9 Å². The van der Waals surface area contributed by atoms with E-state index in [2.05, 4.69) is 9.13 Å². The topological polar surface area (TPSA) is 121 Å². The van der Waals surface area contributed by atoms with E-state index in [1.165, 1.54) is 29.9 Å². The Balaban J connectivity index is 2.24. The van der Waals surface area contributed by atoms with Crippen molar-refractivity contribution in [2.24, 2.45) is 4.40 Å². The standard InChI is InChI=1S/C16H12FN3O6S2/c1-26-15(21)9-19-13-7-4-11(20(22)23)8-14(13)27-16(19)18-28(24,25)12-5-2-10(17)3-6-12/h2-8H,9H2,1H3. The normalized spacial score (nSPS) is 12.3. The summed E-state index contributed by atoms with van der Waals surface area (Å²) >= 11 is 0.863. The Morgan fingerprint density at radius 2 is 1.96 bits per heavy atom. The number of thiazole rings is 1. The number of carbonyl (C=O) groups excluding carboxylic acids is 1. The molecule has 2 aromatic carbocycles. The van der Waals surface area contributed by atoms with Crippen LogP contribution in [0.3, 0.4) is 0 Å². The van der Waals surface area contributed by atoms with Crippen molar-refractivity contribution in [3.8, 4) is 0 Å². The summed E-state index contributed by atoms with van der Waals surface area (Å²) in [5.74, 6) is -1.26. The van der Waals surface area contributed by atoms with E-state index < -0.39 is 26.7 Å². The van der Waals surface area contributed by atoms with Crippen molar-refractivity contribution in [3.63, 3.8) is 0 Å². The lowest BCUT2D eigenvalue weighted by atomic mass is 10.3. The highest BCUT2D eigenvalue weighted by Gasteiger charge is 2.18. The summed E-state index contributed by atoms with van der Waals surface area (Å²) in [6, 6.07) is 8.00. The predicted octanol–water partition coefficient (Wildman–Crippen LogP) is 2.21. The van der Waals surface area contributed by atoms with Gasteiger partial charge in [-0.05, 0) is 30.3 Å². The maximum atomic E-state index is 13.1. The molecular weight excluding hydrogens is 413 g/mol. The molecule has 0 radical (unpaired) electrons. The second-order valence-corrected chi connectivity index (χ2v) is 8.09. The van der Waals surface area contributed by atoms with E-state index >= 15 is 0 Å². The fraction of sp³-hybridized carbons (Fsp3) is 0.125. The van der Waals surface area contributed by atoms with E-state index in [9.17, 15) is 27.7 Å². The number of ether oxygens (including phenoxy) is 1. The van der Waals surface area contributed by atoms with E-state index in [1.54, 1.807) is 0 Å². The van der Waals surface area contributed by atoms with Crippen LogP contribution in [0.15, 0.2) is 51.8 Å². The number of nitro benzene ring substituents is 1. The monoisotopic (exact) mass is 425 g/mol. The summed E-state index contributed by atoms with van der Waals surface area (Å²) < 4.78 is 48.2. The summed E-state index contributed by atoms with van der Waals surface area (Å²) in [6.45, 7) is -0.341. The summed E-state index contributed by atoms with van der Waals surface area (Å²) in [5.41, 5.74) is 0.195. The third-order valence-electron chi connectivity index (χ3n) is 3.70. The van der Waals surface area contributed by atoms with Crippen LogP contribution in [-0.4, -0.2) is 31.0 Å². The molecule has 12 heteroatoms. The van der Waals surface area contributed by atoms with Gasteiger partial charge in [-0.15, -0.1) is 4.40 Å². The first-order valence-corrected chi connectivity index (χ1v) is 9.88. The Kier molecular flexibility index (Phi) is 5.25. The number of carbonyl (C=O) groups is 1. The Labute approximate surface area is 161 Å². The van der Waals surface area contributed by atoms with Gasteiger partial charge in [0.25, 0.3) is 15.7 Å². The maximum absolute atomic E-state index is 13.1. The Bertz CT molecular complexity index is 1250. The van der Waals surface area contributed by atoms with E-state index in [1.807, 2.05) is 0 Å². The molecule has 3 aromatic rings. The summed E-state index contributed by atoms with van der Waals surface area (Å²) in [7, 11) is -3.03. The number of nitro groups is 1. The average Bonchev–Trinajstić information content (AvgIpc) is 2.97. The lowest BCUT2D eigenvalue weighted by molar-refractivity contribution is -0.384. The van der Waals surface area contributed by atoms with Gasteiger partial charge in [-0.1, -0.05) is 11.3 Å². The van der Waals surface area contributed by atoms with Gasteiger partial charge in [-0.2, -0.15) is 8.42 Å². The highest BCUT2D eigenvalue weighted by molar-refractivity contribution is 7.90. The molecule has 0 aliphatic rings. The first kappa shape index (κ1) is 19.6. The zero-order valence-electron chi connectivity index (χ0n) is 14.2. The molecule has 0 bridgehead atoms. The smallest absolute Gasteiger partial charge is 0.325 e. The molecule has 0 fully saturated rings. The Morgan fingerprint density at radius 3 is 2.57 bits per heavy atom. The molecule has 0 saturated heterocycles. The van der Waals surface area contributed by atoms with Crippen LogP contribution < -0.4 is 4.80 Å². The molecule has 9 nitrogen and oxygen atoms in total. The molecule has 0 unspecified atom stereocenters. The highest BCUT2D eigenvalue weighted by Crippen LogP contribution is 2.24. The minimum absolute atomic E-state index is 0.0785. The summed E-state index contributed by atoms with van der Waals surface area (Å²) in [5, 5.41) is 11.0. The molecular formula is C16H12FN3O6S2. The zero-order valence-corrected chi connectivity index (χ0v) is 15.9. The zero-order chi connectivity index (χ0) is 20.5. The van der Waals surface area contributed by atoms with Crippen LogP contribution in [0.5, 0.6) is 0 Å². The van der Waals surface area contributed by atoms with Crippen molar-refractivity contribution in [3.05, 3.63) is 63.2 Å². The second kappa shape index (κ2) is 7.48. The quantitative estimate of drug-likeness (QED) is 0.351. The third-order valence-corrected chi connectivity index (χ3v) is 6.14. The van der Waals surface area contributed by atoms with Gasteiger partial charge < -0.3 is 9.30 Å². The highest BCUT2D eigenvalue weighted by atomic mass is 32.2. The summed E-state index contributed by atoms with van der Waals surface area (Å²) in [4.78, 5) is 21.8. The number of sulfonamides is 1. The number of hydrogen-bond acceptors (Lipinski definition) is 7. The van der Waals surface area contributed by atoms with Crippen LogP contribution in [0.2, 0.25) is 0 Å². The van der Waals surface area contributed by atoms with Gasteiger partial charge in [0.15, 0.2) is 0 Å². The predicted molar refractivity (Wildman–Crippen MR) is 97.6 cm³/mol. The number of fused-ring (bicyclic) bond motifs is 1. The fourth-order valence-corrected chi connectivity index (χ4v) is 4.62. The molecule has 0 aliphatic heterocycles. The van der Waals surface area contributed by atoms with E-state index in [-0.39, 0.29) is 21.9 Å². The van der Waals surface area contributed by atoms with Crippen molar-refractivity contribution >= 4 is 43.2 Å². The maximum Gasteiger partial charge on any atom is 0.325 e. The largest absolute Gasteiger partial charge is 0.468 e. The van der Waals surface area contributed by atoms with E-state index in [0.717, 1.165) is 35.6 Å². The van der Waals surface area contributed by atoms with Gasteiger partial charge in [0.05, 0.1) is 27.1 Å². The molecule has 28 heavy (non-hydrogen) atoms. The van der Waals surface area contributed by atoms with Crippen molar-refractivity contribution in [2.75, 3.05) is 7.11 Å². The molecule has 1 aromatic heterocycles. The SMILES string of the molecule is COC(=O)Cn1c(=NS(=O)(=O)c2ccc(F)cc2)sc2cc([N+](=O)[O-])ccc21. The molecule has 1 heterocycles. The van der Waals surface area contributed by atoms with E-state index in [0.29, 0.717) is 10.2 Å². The second-order valence-electron chi connectivity index (χ2n) is 5.48. The van der Waals surface area contributed by atoms with Crippen LogP contribution in [0.4, 0.5) is 10.1 Å². The first-order valence-electron chi connectivity index (χ1n) is 7.62. The van der Waals surface area contributed by atoms with Gasteiger partial charge in [0, 0.05) is 12.1 Å². The number of aromatic nitrogens is 1. The fourth-order valence-electron chi connectivity index (χ4n) is 2.35. The molecule has 0 amide bonds. The average molecular weight is 425 g/mol. The van der Waals surface area contributed by atoms with Gasteiger partial charge in [0.1, 0.15) is 12.4 Å². The Hall–Kier alpha value is -3.12. The first-order chi connectivity index (χ1) is 13.2. The third kappa shape index (κ3) is 3.92. The minimum Gasteiger partial charge on any atom is -0.468 e. The molecule has 0 aliphatic carbocycles. The number of non-ortho nitro benzene ring substituents is 1. The number of nitrogens with zero attached hydrogens (tertiary/aromatic N) is 3. The van der Waals surface area contributed by atoms with E-state index in [4.69, 9.17) is 0 Å². The minimum atomic E-state index is -4.21. The number of esters is 1. The lowest BCUT2D eigenvalue weighted by Gasteiger charge is -2.04. The molecule has 0 spiro atoms.